The highest BCUT2D eigenvalue weighted by Gasteiger charge is 2.37. The van der Waals surface area contributed by atoms with Crippen LogP contribution in [0.25, 0.3) is 0 Å². The maximum Gasteiger partial charge on any atom is 0.420 e. The predicted molar refractivity (Wildman–Crippen MR) is 102 cm³/mol. The van der Waals surface area contributed by atoms with Crippen molar-refractivity contribution in [1.29, 1.82) is 0 Å². The summed E-state index contributed by atoms with van der Waals surface area (Å²) >= 11 is 5.27. The highest BCUT2D eigenvalue weighted by atomic mass is 32.1. The Hall–Kier alpha value is -2.67. The maximum atomic E-state index is 12.2. The van der Waals surface area contributed by atoms with Crippen LogP contribution in [0.3, 0.4) is 0 Å². The van der Waals surface area contributed by atoms with Crippen molar-refractivity contribution in [1.82, 2.24) is 10.3 Å². The minimum atomic E-state index is -0.502. The first kappa shape index (κ1) is 17.2. The number of amides is 1. The molecule has 0 aliphatic heterocycles. The van der Waals surface area contributed by atoms with Crippen molar-refractivity contribution in [3.63, 3.8) is 0 Å². The first-order valence-electron chi connectivity index (χ1n) is 8.01. The van der Waals surface area contributed by atoms with Gasteiger partial charge >= 0.3 is 6.09 Å². The van der Waals surface area contributed by atoms with Crippen LogP contribution in [0.4, 0.5) is 16.2 Å². The molecule has 0 bridgehead atoms. The van der Waals surface area contributed by atoms with E-state index in [4.69, 9.17) is 17.0 Å². The van der Waals surface area contributed by atoms with Gasteiger partial charge in [0.05, 0.1) is 11.9 Å². The molecule has 25 heavy (non-hydrogen) atoms. The van der Waals surface area contributed by atoms with Gasteiger partial charge in [0, 0.05) is 24.3 Å². The molecular formula is C18H20N4O2S. The first-order valence-corrected chi connectivity index (χ1v) is 8.42. The molecule has 0 unspecified atom stereocenters. The second-order valence-electron chi connectivity index (χ2n) is 6.29. The molecule has 0 radical (unpaired) electrons. The number of nitrogens with zero attached hydrogens (tertiary/aromatic N) is 2. The fourth-order valence-corrected chi connectivity index (χ4v) is 2.54. The molecule has 6 nitrogen and oxygen atoms in total. The zero-order valence-electron chi connectivity index (χ0n) is 14.2. The van der Waals surface area contributed by atoms with Crippen molar-refractivity contribution in [2.24, 2.45) is 0 Å². The van der Waals surface area contributed by atoms with Gasteiger partial charge in [0.25, 0.3) is 0 Å². The third-order valence-corrected chi connectivity index (χ3v) is 4.22. The molecule has 2 aromatic rings. The number of nitrogens with one attached hydrogen (secondary N) is 2. The summed E-state index contributed by atoms with van der Waals surface area (Å²) in [5.74, 6) is 0.228. The normalized spacial score (nSPS) is 14.3. The van der Waals surface area contributed by atoms with Gasteiger partial charge in [0.15, 0.2) is 5.11 Å². The van der Waals surface area contributed by atoms with Gasteiger partial charge in [-0.25, -0.2) is 9.78 Å². The standard InChI is InChI=1S/C18H20N4O2S/c1-18(10-11-18)21-16(25)20-13-8-9-15(19-12-13)24-17(23)22(2)14-6-4-3-5-7-14/h3-9,12H,10-11H2,1-2H3,(H2,20,21,25). The van der Waals surface area contributed by atoms with E-state index in [0.717, 1.165) is 24.2 Å². The Kier molecular flexibility index (Phi) is 4.85. The van der Waals surface area contributed by atoms with Crippen molar-refractivity contribution in [2.75, 3.05) is 17.3 Å². The number of carbonyl (C=O) groups is 1. The lowest BCUT2D eigenvalue weighted by molar-refractivity contribution is 0.207. The topological polar surface area (TPSA) is 66.5 Å². The third kappa shape index (κ3) is 4.67. The maximum absolute atomic E-state index is 12.2. The minimum absolute atomic E-state index is 0.120. The number of benzene rings is 1. The average Bonchev–Trinajstić information content (AvgIpc) is 3.33. The molecule has 1 heterocycles. The number of thiocarbonyl (C=S) groups is 1. The number of pyridine rings is 1. The lowest BCUT2D eigenvalue weighted by Crippen LogP contribution is -2.37. The van der Waals surface area contributed by atoms with Crippen LogP contribution in [-0.4, -0.2) is 28.8 Å². The molecule has 2 N–H and O–H groups in total. The van der Waals surface area contributed by atoms with Gasteiger partial charge in [-0.15, -0.1) is 0 Å². The van der Waals surface area contributed by atoms with E-state index in [2.05, 4.69) is 22.5 Å². The number of para-hydroxylation sites is 1. The van der Waals surface area contributed by atoms with Crippen molar-refractivity contribution < 1.29 is 9.53 Å². The smallest absolute Gasteiger partial charge is 0.391 e. The molecule has 1 amide bonds. The molecule has 0 atom stereocenters. The van der Waals surface area contributed by atoms with Crippen LogP contribution in [0.15, 0.2) is 48.7 Å². The summed E-state index contributed by atoms with van der Waals surface area (Å²) in [4.78, 5) is 17.7. The van der Waals surface area contributed by atoms with Gasteiger partial charge in [-0.05, 0) is 50.2 Å². The van der Waals surface area contributed by atoms with E-state index in [1.165, 1.54) is 4.90 Å². The molecule has 1 aliphatic carbocycles. The summed E-state index contributed by atoms with van der Waals surface area (Å²) in [7, 11) is 1.65. The highest BCUT2D eigenvalue weighted by Crippen LogP contribution is 2.34. The quantitative estimate of drug-likeness (QED) is 0.817. The van der Waals surface area contributed by atoms with Crippen LogP contribution >= 0.6 is 12.2 Å². The fraction of sp³-hybridized carbons (Fsp3) is 0.278. The molecule has 1 aromatic carbocycles. The number of ether oxygens (including phenoxy) is 1. The largest absolute Gasteiger partial charge is 0.420 e. The summed E-state index contributed by atoms with van der Waals surface area (Å²) in [6.45, 7) is 2.13. The lowest BCUT2D eigenvalue weighted by atomic mass is 10.3. The van der Waals surface area contributed by atoms with Crippen LogP contribution in [0.1, 0.15) is 19.8 Å². The van der Waals surface area contributed by atoms with E-state index in [1.807, 2.05) is 30.3 Å². The van der Waals surface area contributed by atoms with Gasteiger partial charge in [0.2, 0.25) is 5.88 Å². The van der Waals surface area contributed by atoms with Crippen LogP contribution in [-0.2, 0) is 0 Å². The second-order valence-corrected chi connectivity index (χ2v) is 6.70. The SMILES string of the molecule is CN(C(=O)Oc1ccc(NC(=S)NC2(C)CC2)cn1)c1ccccc1. The van der Waals surface area contributed by atoms with Gasteiger partial charge in [0.1, 0.15) is 0 Å². The van der Waals surface area contributed by atoms with Crippen LogP contribution in [0.2, 0.25) is 0 Å². The fourth-order valence-electron chi connectivity index (χ4n) is 2.18. The Labute approximate surface area is 152 Å². The third-order valence-electron chi connectivity index (χ3n) is 4.02. The average molecular weight is 356 g/mol. The predicted octanol–water partition coefficient (Wildman–Crippen LogP) is 3.56. The molecule has 1 fully saturated rings. The summed E-state index contributed by atoms with van der Waals surface area (Å²) in [6.07, 6.45) is 3.32. The van der Waals surface area contributed by atoms with Crippen molar-refractivity contribution >= 4 is 34.8 Å². The number of hydrogen-bond acceptors (Lipinski definition) is 4. The molecule has 130 valence electrons. The molecule has 1 aliphatic rings. The number of anilines is 2. The second kappa shape index (κ2) is 7.06. The highest BCUT2D eigenvalue weighted by molar-refractivity contribution is 7.80. The zero-order chi connectivity index (χ0) is 17.9. The molecule has 1 saturated carbocycles. The molecule has 0 saturated heterocycles. The molecule has 1 aromatic heterocycles. The van der Waals surface area contributed by atoms with Gasteiger partial charge in [-0.1, -0.05) is 18.2 Å². The Morgan fingerprint density at radius 1 is 1.24 bits per heavy atom. The van der Waals surface area contributed by atoms with Crippen molar-refractivity contribution in [2.45, 2.75) is 25.3 Å². The zero-order valence-corrected chi connectivity index (χ0v) is 15.0. The summed E-state index contributed by atoms with van der Waals surface area (Å²) in [5.41, 5.74) is 1.60. The summed E-state index contributed by atoms with van der Waals surface area (Å²) in [5, 5.41) is 6.90. The van der Waals surface area contributed by atoms with E-state index in [9.17, 15) is 4.79 Å². The number of carbonyl (C=O) groups excluding carboxylic acids is 1. The van der Waals surface area contributed by atoms with Crippen molar-refractivity contribution in [3.8, 4) is 5.88 Å². The van der Waals surface area contributed by atoms with Crippen LogP contribution in [0.5, 0.6) is 5.88 Å². The Morgan fingerprint density at radius 2 is 1.96 bits per heavy atom. The molecule has 3 rings (SSSR count). The van der Waals surface area contributed by atoms with Gasteiger partial charge in [-0.3, -0.25) is 4.90 Å². The van der Waals surface area contributed by atoms with Crippen LogP contribution < -0.4 is 20.3 Å². The Bertz CT molecular complexity index is 760. The molecule has 0 spiro atoms. The van der Waals surface area contributed by atoms with Gasteiger partial charge in [-0.2, -0.15) is 0 Å². The minimum Gasteiger partial charge on any atom is -0.391 e. The van der Waals surface area contributed by atoms with Gasteiger partial charge < -0.3 is 15.4 Å². The molecule has 7 heteroatoms. The first-order chi connectivity index (χ1) is 12.0. The van der Waals surface area contributed by atoms with Crippen LogP contribution in [0, 0.1) is 0 Å². The number of hydrogen-bond donors (Lipinski definition) is 2. The van der Waals surface area contributed by atoms with E-state index in [1.54, 1.807) is 25.4 Å². The Balaban J connectivity index is 1.55. The van der Waals surface area contributed by atoms with E-state index < -0.39 is 6.09 Å². The Morgan fingerprint density at radius 3 is 2.56 bits per heavy atom. The number of aromatic nitrogens is 1. The van der Waals surface area contributed by atoms with E-state index >= 15 is 0 Å². The number of rotatable bonds is 4. The van der Waals surface area contributed by atoms with E-state index in [0.29, 0.717) is 5.11 Å². The summed E-state index contributed by atoms with van der Waals surface area (Å²) < 4.78 is 5.28. The monoisotopic (exact) mass is 356 g/mol. The van der Waals surface area contributed by atoms with E-state index in [-0.39, 0.29) is 11.4 Å². The van der Waals surface area contributed by atoms with Crippen molar-refractivity contribution in [3.05, 3.63) is 48.7 Å². The lowest BCUT2D eigenvalue weighted by Gasteiger charge is -2.17. The molecular weight excluding hydrogens is 336 g/mol. The summed E-state index contributed by atoms with van der Waals surface area (Å²) in [6, 6.07) is 12.7.